The summed E-state index contributed by atoms with van der Waals surface area (Å²) < 4.78 is 0. The van der Waals surface area contributed by atoms with E-state index in [1.54, 1.807) is 6.07 Å². The Kier molecular flexibility index (Phi) is 5.79. The maximum absolute atomic E-state index is 11.7. The Morgan fingerprint density at radius 3 is 2.47 bits per heavy atom. The second-order valence-electron chi connectivity index (χ2n) is 3.92. The molecule has 94 valence electrons. The fourth-order valence-corrected chi connectivity index (χ4v) is 1.96. The topological polar surface area (TPSA) is 20.3 Å². The van der Waals surface area contributed by atoms with Crippen LogP contribution in [0.5, 0.6) is 0 Å². The molecule has 0 aromatic heterocycles. The molecular weight excluding hydrogens is 257 g/mol. The van der Waals surface area contributed by atoms with Crippen LogP contribution in [0.1, 0.15) is 32.3 Å². The van der Waals surface area contributed by atoms with Crippen LogP contribution in [0.3, 0.4) is 0 Å². The van der Waals surface area contributed by atoms with Crippen LogP contribution in [0.2, 0.25) is 10.0 Å². The van der Waals surface area contributed by atoms with Gasteiger partial charge in [0.1, 0.15) is 0 Å². The molecule has 0 spiro atoms. The van der Waals surface area contributed by atoms with Crippen molar-refractivity contribution < 1.29 is 4.79 Å². The number of carbonyl (C=O) groups is 1. The summed E-state index contributed by atoms with van der Waals surface area (Å²) in [5.74, 6) is 0.165. The van der Waals surface area contributed by atoms with Crippen molar-refractivity contribution in [2.45, 2.75) is 33.2 Å². The highest BCUT2D eigenvalue weighted by molar-refractivity contribution is 6.42. The molecule has 0 fully saturated rings. The molecule has 0 aliphatic carbocycles. The van der Waals surface area contributed by atoms with Crippen molar-refractivity contribution >= 4 is 29.1 Å². The smallest absolute Gasteiger partial charge is 0.222 e. The fraction of sp³-hybridized carbons (Fsp3) is 0.462. The van der Waals surface area contributed by atoms with E-state index in [1.165, 1.54) is 0 Å². The lowest BCUT2D eigenvalue weighted by Gasteiger charge is -2.21. The number of hydrogen-bond acceptors (Lipinski definition) is 1. The lowest BCUT2D eigenvalue weighted by atomic mass is 10.2. The van der Waals surface area contributed by atoms with Crippen LogP contribution in [0.4, 0.5) is 0 Å². The third-order valence-electron chi connectivity index (χ3n) is 2.51. The molecule has 17 heavy (non-hydrogen) atoms. The first-order chi connectivity index (χ1) is 8.08. The minimum atomic E-state index is 0.165. The van der Waals surface area contributed by atoms with Gasteiger partial charge in [-0.1, -0.05) is 43.1 Å². The van der Waals surface area contributed by atoms with E-state index < -0.39 is 0 Å². The van der Waals surface area contributed by atoms with Crippen LogP contribution >= 0.6 is 23.2 Å². The van der Waals surface area contributed by atoms with Gasteiger partial charge in [-0.3, -0.25) is 4.79 Å². The van der Waals surface area contributed by atoms with Gasteiger partial charge in [-0.2, -0.15) is 0 Å². The van der Waals surface area contributed by atoms with E-state index in [0.717, 1.165) is 18.5 Å². The third-order valence-corrected chi connectivity index (χ3v) is 3.25. The minimum Gasteiger partial charge on any atom is -0.338 e. The number of amides is 1. The van der Waals surface area contributed by atoms with E-state index in [9.17, 15) is 4.79 Å². The zero-order chi connectivity index (χ0) is 12.8. The van der Waals surface area contributed by atoms with Crippen LogP contribution in [0, 0.1) is 0 Å². The molecule has 0 radical (unpaired) electrons. The quantitative estimate of drug-likeness (QED) is 0.790. The Morgan fingerprint density at radius 2 is 1.94 bits per heavy atom. The molecule has 0 aliphatic heterocycles. The highest BCUT2D eigenvalue weighted by Gasteiger charge is 2.11. The second kappa shape index (κ2) is 6.87. The highest BCUT2D eigenvalue weighted by Crippen LogP contribution is 2.23. The van der Waals surface area contributed by atoms with Crippen molar-refractivity contribution in [2.75, 3.05) is 6.54 Å². The Labute approximate surface area is 113 Å². The van der Waals surface area contributed by atoms with Crippen LogP contribution in [-0.4, -0.2) is 17.4 Å². The van der Waals surface area contributed by atoms with Gasteiger partial charge in [-0.05, 0) is 24.1 Å². The van der Waals surface area contributed by atoms with E-state index in [0.29, 0.717) is 23.0 Å². The zero-order valence-electron chi connectivity index (χ0n) is 10.2. The van der Waals surface area contributed by atoms with Gasteiger partial charge in [0.05, 0.1) is 10.0 Å². The van der Waals surface area contributed by atoms with Gasteiger partial charge in [0, 0.05) is 19.5 Å². The monoisotopic (exact) mass is 273 g/mol. The summed E-state index contributed by atoms with van der Waals surface area (Å²) in [6, 6.07) is 5.48. The van der Waals surface area contributed by atoms with E-state index in [-0.39, 0.29) is 5.91 Å². The van der Waals surface area contributed by atoms with E-state index in [4.69, 9.17) is 23.2 Å². The van der Waals surface area contributed by atoms with Gasteiger partial charge in [0.15, 0.2) is 0 Å². The Balaban J connectivity index is 2.78. The van der Waals surface area contributed by atoms with Gasteiger partial charge in [0.2, 0.25) is 5.91 Å². The molecule has 0 bridgehead atoms. The maximum atomic E-state index is 11.7. The van der Waals surface area contributed by atoms with Crippen LogP contribution < -0.4 is 0 Å². The molecule has 1 aromatic carbocycles. The number of hydrogen-bond donors (Lipinski definition) is 0. The Bertz CT molecular complexity index is 393. The fourth-order valence-electron chi connectivity index (χ4n) is 1.64. The van der Waals surface area contributed by atoms with Gasteiger partial charge in [-0.25, -0.2) is 0 Å². The molecule has 0 saturated heterocycles. The average Bonchev–Trinajstić information content (AvgIpc) is 2.32. The number of carbonyl (C=O) groups excluding carboxylic acids is 1. The van der Waals surface area contributed by atoms with Crippen LogP contribution in [-0.2, 0) is 11.3 Å². The number of rotatable bonds is 5. The van der Waals surface area contributed by atoms with Crippen molar-refractivity contribution in [3.05, 3.63) is 33.8 Å². The second-order valence-corrected chi connectivity index (χ2v) is 4.73. The van der Waals surface area contributed by atoms with Crippen molar-refractivity contribution in [2.24, 2.45) is 0 Å². The molecule has 2 nitrogen and oxygen atoms in total. The van der Waals surface area contributed by atoms with Crippen molar-refractivity contribution in [3.8, 4) is 0 Å². The van der Waals surface area contributed by atoms with Gasteiger partial charge in [0.25, 0.3) is 0 Å². The van der Waals surface area contributed by atoms with E-state index in [2.05, 4.69) is 6.92 Å². The Morgan fingerprint density at radius 1 is 1.24 bits per heavy atom. The summed E-state index contributed by atoms with van der Waals surface area (Å²) in [6.45, 7) is 5.30. The lowest BCUT2D eigenvalue weighted by Crippen LogP contribution is -2.30. The zero-order valence-corrected chi connectivity index (χ0v) is 11.7. The van der Waals surface area contributed by atoms with Gasteiger partial charge < -0.3 is 4.90 Å². The molecular formula is C13H17Cl2NO. The molecule has 0 aliphatic rings. The first-order valence-corrected chi connectivity index (χ1v) is 6.55. The summed E-state index contributed by atoms with van der Waals surface area (Å²) in [7, 11) is 0. The van der Waals surface area contributed by atoms with E-state index >= 15 is 0 Å². The first-order valence-electron chi connectivity index (χ1n) is 5.80. The lowest BCUT2D eigenvalue weighted by molar-refractivity contribution is -0.131. The number of nitrogens with zero attached hydrogens (tertiary/aromatic N) is 1. The molecule has 0 heterocycles. The molecule has 0 saturated carbocycles. The predicted molar refractivity (Wildman–Crippen MR) is 72.5 cm³/mol. The summed E-state index contributed by atoms with van der Waals surface area (Å²) in [5.41, 5.74) is 1.01. The molecule has 0 unspecified atom stereocenters. The molecule has 1 aromatic rings. The predicted octanol–water partition coefficient (Wildman–Crippen LogP) is 4.14. The summed E-state index contributed by atoms with van der Waals surface area (Å²) in [6.07, 6.45) is 1.48. The number of halogens is 2. The Hall–Kier alpha value is -0.730. The normalized spacial score (nSPS) is 10.4. The van der Waals surface area contributed by atoms with Crippen molar-refractivity contribution in [1.29, 1.82) is 0 Å². The molecule has 0 atom stereocenters. The molecule has 4 heteroatoms. The third kappa shape index (κ3) is 4.21. The van der Waals surface area contributed by atoms with Crippen LogP contribution in [0.25, 0.3) is 0 Å². The van der Waals surface area contributed by atoms with Crippen LogP contribution in [0.15, 0.2) is 18.2 Å². The SMILES string of the molecule is CCCN(Cc1ccc(Cl)c(Cl)c1)C(=O)CC. The van der Waals surface area contributed by atoms with E-state index in [1.807, 2.05) is 24.0 Å². The van der Waals surface area contributed by atoms with Gasteiger partial charge >= 0.3 is 0 Å². The maximum Gasteiger partial charge on any atom is 0.222 e. The standard InChI is InChI=1S/C13H17Cl2NO/c1-3-7-16(13(17)4-2)9-10-5-6-11(14)12(15)8-10/h5-6,8H,3-4,7,9H2,1-2H3. The van der Waals surface area contributed by atoms with Gasteiger partial charge in [-0.15, -0.1) is 0 Å². The minimum absolute atomic E-state index is 0.165. The summed E-state index contributed by atoms with van der Waals surface area (Å²) >= 11 is 11.8. The molecule has 1 rings (SSSR count). The molecule has 0 N–H and O–H groups in total. The highest BCUT2D eigenvalue weighted by atomic mass is 35.5. The largest absolute Gasteiger partial charge is 0.338 e. The molecule has 1 amide bonds. The first kappa shape index (κ1) is 14.3. The summed E-state index contributed by atoms with van der Waals surface area (Å²) in [4.78, 5) is 13.6. The summed E-state index contributed by atoms with van der Waals surface area (Å²) in [5, 5.41) is 1.07. The van der Waals surface area contributed by atoms with Crippen molar-refractivity contribution in [3.63, 3.8) is 0 Å². The number of benzene rings is 1. The average molecular weight is 274 g/mol. The van der Waals surface area contributed by atoms with Crippen molar-refractivity contribution in [1.82, 2.24) is 4.90 Å².